The zero-order chi connectivity index (χ0) is 25.0. The Labute approximate surface area is 195 Å². The smallest absolute Gasteiger partial charge is 0.261 e. The fourth-order valence-corrected chi connectivity index (χ4v) is 4.34. The van der Waals surface area contributed by atoms with Crippen LogP contribution in [0.5, 0.6) is 0 Å². The molecular formula is C24H19F4N5O2. The molecule has 3 N–H and O–H groups in total. The van der Waals surface area contributed by atoms with Crippen LogP contribution in [0.3, 0.4) is 0 Å². The number of nitrogens with one attached hydrogen (secondary N) is 3. The number of pyridine rings is 1. The maximum absolute atomic E-state index is 14.1. The number of amides is 1. The standard InChI is InChI=1S/C24H19F4N5O2/c1-10(5-13-20(27)14(25)8-15(26)21(13)28)30-16-3-4-29-23(34)19(16)22-31-17-6-11-9-33(2)24(35)12(11)7-18(17)32-22/h3-4,6-8,10H,5,9H2,1-2H3,(H,31,32)(H2,29,30,34)/t10-/m0/s1. The molecule has 0 aliphatic carbocycles. The summed E-state index contributed by atoms with van der Waals surface area (Å²) in [6.45, 7) is 2.01. The molecule has 1 aliphatic rings. The van der Waals surface area contributed by atoms with Gasteiger partial charge in [0.15, 0.2) is 23.3 Å². The van der Waals surface area contributed by atoms with E-state index in [0.29, 0.717) is 28.8 Å². The van der Waals surface area contributed by atoms with Crippen LogP contribution in [0.4, 0.5) is 23.2 Å². The monoisotopic (exact) mass is 485 g/mol. The first-order chi connectivity index (χ1) is 16.6. The average molecular weight is 485 g/mol. The number of aromatic amines is 2. The Balaban J connectivity index is 1.49. The Morgan fingerprint density at radius 3 is 2.54 bits per heavy atom. The molecule has 0 saturated carbocycles. The minimum atomic E-state index is -1.48. The normalized spacial score (nSPS) is 14.0. The van der Waals surface area contributed by atoms with E-state index in [1.54, 1.807) is 31.0 Å². The number of anilines is 1. The molecule has 2 aromatic carbocycles. The molecule has 0 unspecified atom stereocenters. The number of hydrogen-bond acceptors (Lipinski definition) is 4. The number of nitrogens with zero attached hydrogens (tertiary/aromatic N) is 2. The second-order valence-corrected chi connectivity index (χ2v) is 8.56. The number of halogens is 4. The first kappa shape index (κ1) is 22.6. The summed E-state index contributed by atoms with van der Waals surface area (Å²) < 4.78 is 55.4. The quantitative estimate of drug-likeness (QED) is 0.293. The summed E-state index contributed by atoms with van der Waals surface area (Å²) >= 11 is 0. The molecule has 2 aromatic heterocycles. The highest BCUT2D eigenvalue weighted by Gasteiger charge is 2.26. The Morgan fingerprint density at radius 1 is 1.11 bits per heavy atom. The third kappa shape index (κ3) is 3.82. The summed E-state index contributed by atoms with van der Waals surface area (Å²) in [6.07, 6.45) is 0.997. The summed E-state index contributed by atoms with van der Waals surface area (Å²) in [5.41, 5.74) is 1.69. The number of H-pyrrole nitrogens is 2. The lowest BCUT2D eigenvalue weighted by Crippen LogP contribution is -2.23. The van der Waals surface area contributed by atoms with Crippen molar-refractivity contribution in [3.05, 3.63) is 80.8 Å². The Kier molecular flexibility index (Phi) is 5.34. The van der Waals surface area contributed by atoms with Gasteiger partial charge in [0.1, 0.15) is 11.4 Å². The van der Waals surface area contributed by atoms with Gasteiger partial charge in [-0.15, -0.1) is 0 Å². The summed E-state index contributed by atoms with van der Waals surface area (Å²) in [5, 5.41) is 2.97. The van der Waals surface area contributed by atoms with Crippen molar-refractivity contribution >= 4 is 22.6 Å². The molecule has 4 aromatic rings. The molecule has 11 heteroatoms. The molecule has 180 valence electrons. The van der Waals surface area contributed by atoms with Crippen molar-refractivity contribution in [3.63, 3.8) is 0 Å². The first-order valence-electron chi connectivity index (χ1n) is 10.7. The molecule has 1 amide bonds. The third-order valence-electron chi connectivity index (χ3n) is 6.00. The van der Waals surface area contributed by atoms with E-state index in [9.17, 15) is 27.2 Å². The predicted molar refractivity (Wildman–Crippen MR) is 121 cm³/mol. The lowest BCUT2D eigenvalue weighted by molar-refractivity contribution is 0.0816. The minimum absolute atomic E-state index is 0.117. The van der Waals surface area contributed by atoms with Gasteiger partial charge in [0, 0.05) is 43.0 Å². The number of hydrogen-bond donors (Lipinski definition) is 3. The van der Waals surface area contributed by atoms with E-state index in [2.05, 4.69) is 20.3 Å². The van der Waals surface area contributed by atoms with Crippen LogP contribution >= 0.6 is 0 Å². The molecular weight excluding hydrogens is 466 g/mol. The van der Waals surface area contributed by atoms with Crippen LogP contribution < -0.4 is 10.9 Å². The van der Waals surface area contributed by atoms with E-state index < -0.39 is 40.4 Å². The van der Waals surface area contributed by atoms with Gasteiger partial charge in [-0.25, -0.2) is 22.5 Å². The molecule has 7 nitrogen and oxygen atoms in total. The molecule has 1 aliphatic heterocycles. The summed E-state index contributed by atoms with van der Waals surface area (Å²) in [5.74, 6) is -5.80. The summed E-state index contributed by atoms with van der Waals surface area (Å²) in [6, 6.07) is 4.44. The van der Waals surface area contributed by atoms with E-state index in [4.69, 9.17) is 0 Å². The van der Waals surface area contributed by atoms with Gasteiger partial charge in [0.05, 0.1) is 16.7 Å². The summed E-state index contributed by atoms with van der Waals surface area (Å²) in [7, 11) is 1.70. The summed E-state index contributed by atoms with van der Waals surface area (Å²) in [4.78, 5) is 36.7. The van der Waals surface area contributed by atoms with Gasteiger partial charge in [-0.05, 0) is 37.1 Å². The van der Waals surface area contributed by atoms with E-state index in [1.165, 1.54) is 12.3 Å². The maximum Gasteiger partial charge on any atom is 0.261 e. The average Bonchev–Trinajstić information content (AvgIpc) is 3.33. The second-order valence-electron chi connectivity index (χ2n) is 8.56. The number of carbonyl (C=O) groups excluding carboxylic acids is 1. The highest BCUT2D eigenvalue weighted by molar-refractivity contribution is 6.01. The fourth-order valence-electron chi connectivity index (χ4n) is 4.34. The van der Waals surface area contributed by atoms with Crippen molar-refractivity contribution < 1.29 is 22.4 Å². The minimum Gasteiger partial charge on any atom is -0.381 e. The lowest BCUT2D eigenvalue weighted by atomic mass is 10.0. The molecule has 0 radical (unpaired) electrons. The predicted octanol–water partition coefficient (Wildman–Crippen LogP) is 4.10. The molecule has 0 saturated heterocycles. The highest BCUT2D eigenvalue weighted by Crippen LogP contribution is 2.30. The van der Waals surface area contributed by atoms with Crippen LogP contribution in [0.1, 0.15) is 28.4 Å². The van der Waals surface area contributed by atoms with Gasteiger partial charge in [-0.3, -0.25) is 9.59 Å². The van der Waals surface area contributed by atoms with E-state index >= 15 is 0 Å². The largest absolute Gasteiger partial charge is 0.381 e. The van der Waals surface area contributed by atoms with Crippen LogP contribution in [0.25, 0.3) is 22.4 Å². The zero-order valence-electron chi connectivity index (χ0n) is 18.6. The van der Waals surface area contributed by atoms with Gasteiger partial charge >= 0.3 is 0 Å². The van der Waals surface area contributed by atoms with Gasteiger partial charge in [0.25, 0.3) is 11.5 Å². The number of rotatable bonds is 5. The van der Waals surface area contributed by atoms with Crippen molar-refractivity contribution in [1.82, 2.24) is 19.9 Å². The number of aromatic nitrogens is 3. The van der Waals surface area contributed by atoms with E-state index in [-0.39, 0.29) is 29.8 Å². The molecule has 0 bridgehead atoms. The highest BCUT2D eigenvalue weighted by atomic mass is 19.2. The molecule has 0 fully saturated rings. The molecule has 1 atom stereocenters. The van der Waals surface area contributed by atoms with Gasteiger partial charge in [-0.2, -0.15) is 0 Å². The number of benzene rings is 2. The first-order valence-corrected chi connectivity index (χ1v) is 10.7. The molecule has 3 heterocycles. The van der Waals surface area contributed by atoms with Gasteiger partial charge in [0.2, 0.25) is 0 Å². The van der Waals surface area contributed by atoms with Crippen LogP contribution in [0.15, 0.2) is 35.3 Å². The lowest BCUT2D eigenvalue weighted by Gasteiger charge is -2.18. The van der Waals surface area contributed by atoms with Crippen LogP contribution in [-0.2, 0) is 13.0 Å². The van der Waals surface area contributed by atoms with E-state index in [1.807, 2.05) is 0 Å². The Bertz CT molecular complexity index is 1540. The van der Waals surface area contributed by atoms with Crippen molar-refractivity contribution in [1.29, 1.82) is 0 Å². The topological polar surface area (TPSA) is 93.9 Å². The number of carbonyl (C=O) groups is 1. The number of imidazole rings is 1. The Morgan fingerprint density at radius 2 is 1.83 bits per heavy atom. The van der Waals surface area contributed by atoms with Crippen LogP contribution in [0, 0.1) is 23.3 Å². The molecule has 5 rings (SSSR count). The van der Waals surface area contributed by atoms with E-state index in [0.717, 1.165) is 5.56 Å². The van der Waals surface area contributed by atoms with Crippen LogP contribution in [-0.4, -0.2) is 38.8 Å². The van der Waals surface area contributed by atoms with Crippen molar-refractivity contribution in [2.75, 3.05) is 12.4 Å². The third-order valence-corrected chi connectivity index (χ3v) is 6.00. The van der Waals surface area contributed by atoms with Crippen molar-refractivity contribution in [3.8, 4) is 11.4 Å². The maximum atomic E-state index is 14.1. The molecule has 35 heavy (non-hydrogen) atoms. The second kappa shape index (κ2) is 8.26. The zero-order valence-corrected chi connectivity index (χ0v) is 18.6. The number of fused-ring (bicyclic) bond motifs is 2. The Hall–Kier alpha value is -4.15. The van der Waals surface area contributed by atoms with Crippen LogP contribution in [0.2, 0.25) is 0 Å². The van der Waals surface area contributed by atoms with Crippen molar-refractivity contribution in [2.24, 2.45) is 0 Å². The van der Waals surface area contributed by atoms with Crippen molar-refractivity contribution in [2.45, 2.75) is 25.9 Å². The SMILES string of the molecule is C[C@@H](Cc1c(F)c(F)cc(F)c1F)Nc1cc[nH]c(=O)c1-c1nc2cc3c(cc2[nH]1)CN(C)C3=O. The molecule has 0 spiro atoms. The van der Waals surface area contributed by atoms with Gasteiger partial charge in [-0.1, -0.05) is 0 Å². The van der Waals surface area contributed by atoms with Gasteiger partial charge < -0.3 is 20.2 Å². The fraction of sp³-hybridized carbons (Fsp3) is 0.208.